The van der Waals surface area contributed by atoms with Gasteiger partial charge in [0.05, 0.1) is 14.7 Å². The minimum Gasteiger partial charge on any atom is -0.399 e. The van der Waals surface area contributed by atoms with Crippen molar-refractivity contribution < 1.29 is 4.39 Å². The lowest BCUT2D eigenvalue weighted by atomic mass is 10.2. The van der Waals surface area contributed by atoms with Crippen molar-refractivity contribution in [3.63, 3.8) is 0 Å². The fourth-order valence-corrected chi connectivity index (χ4v) is 3.12. The number of nitrogens with two attached hydrogens (primary N) is 1. The van der Waals surface area contributed by atoms with Crippen molar-refractivity contribution in [1.29, 1.82) is 0 Å². The number of hydrogen-bond donors (Lipinski definition) is 1. The maximum absolute atomic E-state index is 14.0. The molecular weight excluding hydrogens is 315 g/mol. The predicted octanol–water partition coefficient (Wildman–Crippen LogP) is 4.45. The van der Waals surface area contributed by atoms with Crippen LogP contribution in [-0.2, 0) is 0 Å². The van der Waals surface area contributed by atoms with Gasteiger partial charge in [0, 0.05) is 11.3 Å². The monoisotopic (exact) mass is 322 g/mol. The molecule has 3 aromatic rings. The lowest BCUT2D eigenvalue weighted by Gasteiger charge is -1.99. The molecule has 1 aromatic heterocycles. The van der Waals surface area contributed by atoms with Gasteiger partial charge in [-0.1, -0.05) is 6.07 Å². The van der Waals surface area contributed by atoms with Gasteiger partial charge >= 0.3 is 0 Å². The number of halogens is 2. The molecule has 2 aromatic carbocycles. The van der Waals surface area contributed by atoms with Gasteiger partial charge in [0.15, 0.2) is 0 Å². The summed E-state index contributed by atoms with van der Waals surface area (Å²) < 4.78 is 15.4. The molecule has 0 radical (unpaired) electrons. The lowest BCUT2D eigenvalue weighted by Crippen LogP contribution is -1.84. The summed E-state index contributed by atoms with van der Waals surface area (Å²) in [5, 5.41) is 0.661. The SMILES string of the molecule is Nc1ccc2nc(-c3cccc(Br)c3F)sc2c1. The van der Waals surface area contributed by atoms with Crippen LogP contribution in [-0.4, -0.2) is 4.98 Å². The molecule has 0 saturated heterocycles. The topological polar surface area (TPSA) is 38.9 Å². The van der Waals surface area contributed by atoms with Crippen LogP contribution in [0.25, 0.3) is 20.8 Å². The normalized spacial score (nSPS) is 11.0. The molecule has 0 aliphatic carbocycles. The van der Waals surface area contributed by atoms with E-state index in [9.17, 15) is 4.39 Å². The zero-order valence-electron chi connectivity index (χ0n) is 9.15. The number of fused-ring (bicyclic) bond motifs is 1. The highest BCUT2D eigenvalue weighted by atomic mass is 79.9. The number of rotatable bonds is 1. The minimum absolute atomic E-state index is 0.287. The van der Waals surface area contributed by atoms with Crippen molar-refractivity contribution in [3.05, 3.63) is 46.7 Å². The average Bonchev–Trinajstić information content (AvgIpc) is 2.75. The third kappa shape index (κ3) is 1.89. The van der Waals surface area contributed by atoms with E-state index >= 15 is 0 Å². The van der Waals surface area contributed by atoms with Gasteiger partial charge in [-0.25, -0.2) is 9.37 Å². The van der Waals surface area contributed by atoms with Crippen LogP contribution in [0.2, 0.25) is 0 Å². The Balaban J connectivity index is 2.22. The van der Waals surface area contributed by atoms with Crippen molar-refractivity contribution in [2.75, 3.05) is 5.73 Å². The van der Waals surface area contributed by atoms with Crippen molar-refractivity contribution in [2.24, 2.45) is 0 Å². The fraction of sp³-hybridized carbons (Fsp3) is 0. The van der Waals surface area contributed by atoms with Gasteiger partial charge in [0.1, 0.15) is 10.8 Å². The summed E-state index contributed by atoms with van der Waals surface area (Å²) in [7, 11) is 0. The molecule has 0 spiro atoms. The molecule has 0 amide bonds. The Bertz CT molecular complexity index is 739. The van der Waals surface area contributed by atoms with Crippen molar-refractivity contribution in [3.8, 4) is 10.6 Å². The van der Waals surface area contributed by atoms with Crippen LogP contribution < -0.4 is 5.73 Å². The molecule has 0 saturated carbocycles. The van der Waals surface area contributed by atoms with E-state index in [1.807, 2.05) is 12.1 Å². The first-order chi connectivity index (χ1) is 8.65. The summed E-state index contributed by atoms with van der Waals surface area (Å²) in [5.74, 6) is -0.287. The van der Waals surface area contributed by atoms with Gasteiger partial charge in [0.2, 0.25) is 0 Å². The third-order valence-electron chi connectivity index (χ3n) is 2.59. The summed E-state index contributed by atoms with van der Waals surface area (Å²) in [6.45, 7) is 0. The summed E-state index contributed by atoms with van der Waals surface area (Å²) >= 11 is 4.62. The van der Waals surface area contributed by atoms with E-state index in [2.05, 4.69) is 20.9 Å². The lowest BCUT2D eigenvalue weighted by molar-refractivity contribution is 0.624. The molecular formula is C13H8BrFN2S. The minimum atomic E-state index is -0.287. The second kappa shape index (κ2) is 4.33. The van der Waals surface area contributed by atoms with Crippen LogP contribution >= 0.6 is 27.3 Å². The van der Waals surface area contributed by atoms with Gasteiger partial charge in [-0.15, -0.1) is 11.3 Å². The van der Waals surface area contributed by atoms with Crippen LogP contribution in [0.3, 0.4) is 0 Å². The molecule has 1 heterocycles. The zero-order chi connectivity index (χ0) is 12.7. The molecule has 0 aliphatic heterocycles. The van der Waals surface area contributed by atoms with Gasteiger partial charge in [-0.3, -0.25) is 0 Å². The Labute approximate surface area is 115 Å². The van der Waals surface area contributed by atoms with Crippen molar-refractivity contribution >= 4 is 43.2 Å². The number of nitrogens with zero attached hydrogens (tertiary/aromatic N) is 1. The second-order valence-electron chi connectivity index (χ2n) is 3.85. The average molecular weight is 323 g/mol. The summed E-state index contributed by atoms with van der Waals surface area (Å²) in [5.41, 5.74) is 7.75. The third-order valence-corrected chi connectivity index (χ3v) is 4.26. The Morgan fingerprint density at radius 2 is 2.06 bits per heavy atom. The van der Waals surface area contributed by atoms with Crippen LogP contribution in [0.4, 0.5) is 10.1 Å². The fourth-order valence-electron chi connectivity index (χ4n) is 1.73. The Morgan fingerprint density at radius 3 is 2.89 bits per heavy atom. The molecule has 2 nitrogen and oxygen atoms in total. The van der Waals surface area contributed by atoms with Crippen LogP contribution in [0.15, 0.2) is 40.9 Å². The molecule has 0 aliphatic rings. The van der Waals surface area contributed by atoms with Gasteiger partial charge in [0.25, 0.3) is 0 Å². The molecule has 18 heavy (non-hydrogen) atoms. The predicted molar refractivity (Wildman–Crippen MR) is 77.1 cm³/mol. The highest BCUT2D eigenvalue weighted by Gasteiger charge is 2.12. The van der Waals surface area contributed by atoms with Crippen molar-refractivity contribution in [1.82, 2.24) is 4.98 Å². The molecule has 0 unspecified atom stereocenters. The maximum Gasteiger partial charge on any atom is 0.147 e. The maximum atomic E-state index is 14.0. The number of aromatic nitrogens is 1. The first kappa shape index (κ1) is 11.6. The quantitative estimate of drug-likeness (QED) is 0.672. The van der Waals surface area contributed by atoms with Crippen LogP contribution in [0.1, 0.15) is 0 Å². The smallest absolute Gasteiger partial charge is 0.147 e. The molecule has 3 rings (SSSR count). The molecule has 0 bridgehead atoms. The summed E-state index contributed by atoms with van der Waals surface area (Å²) in [6.07, 6.45) is 0. The van der Waals surface area contributed by atoms with E-state index in [0.29, 0.717) is 20.7 Å². The number of hydrogen-bond acceptors (Lipinski definition) is 3. The Hall–Kier alpha value is -1.46. The molecule has 90 valence electrons. The summed E-state index contributed by atoms with van der Waals surface area (Å²) in [4.78, 5) is 4.43. The van der Waals surface area contributed by atoms with E-state index in [0.717, 1.165) is 10.2 Å². The molecule has 0 fully saturated rings. The summed E-state index contributed by atoms with van der Waals surface area (Å²) in [6, 6.07) is 10.7. The van der Waals surface area contributed by atoms with E-state index < -0.39 is 0 Å². The van der Waals surface area contributed by atoms with E-state index in [4.69, 9.17) is 5.73 Å². The van der Waals surface area contributed by atoms with Gasteiger partial charge < -0.3 is 5.73 Å². The number of thiazole rings is 1. The standard InChI is InChI=1S/C13H8BrFN2S/c14-9-3-1-2-8(12(9)15)13-17-10-5-4-7(16)6-11(10)18-13/h1-6H,16H2. The first-order valence-corrected chi connectivity index (χ1v) is 6.86. The van der Waals surface area contributed by atoms with E-state index in [1.165, 1.54) is 11.3 Å². The van der Waals surface area contributed by atoms with Gasteiger partial charge in [-0.05, 0) is 46.3 Å². The Morgan fingerprint density at radius 1 is 1.22 bits per heavy atom. The number of anilines is 1. The Kier molecular flexibility index (Phi) is 2.80. The first-order valence-electron chi connectivity index (χ1n) is 5.25. The second-order valence-corrected chi connectivity index (χ2v) is 5.73. The van der Waals surface area contributed by atoms with E-state index in [1.54, 1.807) is 24.3 Å². The van der Waals surface area contributed by atoms with E-state index in [-0.39, 0.29) is 5.82 Å². The highest BCUT2D eigenvalue weighted by molar-refractivity contribution is 9.10. The zero-order valence-corrected chi connectivity index (χ0v) is 11.6. The van der Waals surface area contributed by atoms with Gasteiger partial charge in [-0.2, -0.15) is 0 Å². The number of nitrogen functional groups attached to an aromatic ring is 1. The van der Waals surface area contributed by atoms with Crippen LogP contribution in [0, 0.1) is 5.82 Å². The molecule has 0 atom stereocenters. The number of benzene rings is 2. The largest absolute Gasteiger partial charge is 0.399 e. The highest BCUT2D eigenvalue weighted by Crippen LogP contribution is 2.34. The molecule has 5 heteroatoms. The molecule has 2 N–H and O–H groups in total. The van der Waals surface area contributed by atoms with Crippen molar-refractivity contribution in [2.45, 2.75) is 0 Å². The van der Waals surface area contributed by atoms with Crippen LogP contribution in [0.5, 0.6) is 0 Å².